The Morgan fingerprint density at radius 1 is 1.35 bits per heavy atom. The number of pyridine rings is 1. The van der Waals surface area contributed by atoms with Crippen LogP contribution in [0.15, 0.2) is 41.3 Å². The van der Waals surface area contributed by atoms with E-state index in [0.29, 0.717) is 11.4 Å². The molecule has 0 radical (unpaired) electrons. The van der Waals surface area contributed by atoms with Crippen molar-refractivity contribution in [2.24, 2.45) is 0 Å². The average molecular weight is 233 g/mol. The number of rotatable bonds is 2. The third-order valence-corrected chi connectivity index (χ3v) is 2.60. The summed E-state index contributed by atoms with van der Waals surface area (Å²) in [4.78, 5) is 11.5. The van der Waals surface area contributed by atoms with Gasteiger partial charge in [-0.15, -0.1) is 0 Å². The number of aliphatic hydroxyl groups excluding tert-OH is 1. The van der Waals surface area contributed by atoms with Crippen LogP contribution in [-0.2, 0) is 6.61 Å². The minimum Gasteiger partial charge on any atom is -0.391 e. The lowest BCUT2D eigenvalue weighted by Gasteiger charge is -2.12. The largest absolute Gasteiger partial charge is 0.391 e. The van der Waals surface area contributed by atoms with E-state index in [1.807, 2.05) is 0 Å². The van der Waals surface area contributed by atoms with Crippen LogP contribution in [0.2, 0.25) is 0 Å². The number of hydrogen-bond donors (Lipinski definition) is 1. The van der Waals surface area contributed by atoms with Crippen LogP contribution < -0.4 is 5.43 Å². The van der Waals surface area contributed by atoms with Crippen LogP contribution in [0.5, 0.6) is 0 Å². The lowest BCUT2D eigenvalue weighted by molar-refractivity contribution is 0.280. The molecule has 0 bridgehead atoms. The maximum atomic E-state index is 13.6. The molecule has 1 N–H and O–H groups in total. The molecule has 0 aliphatic rings. The topological polar surface area (TPSA) is 42.2 Å². The molecule has 17 heavy (non-hydrogen) atoms. The molecule has 0 atom stereocenters. The summed E-state index contributed by atoms with van der Waals surface area (Å²) in [5.41, 5.74) is 0.994. The van der Waals surface area contributed by atoms with E-state index in [4.69, 9.17) is 5.11 Å². The van der Waals surface area contributed by atoms with Gasteiger partial charge in [0.1, 0.15) is 5.82 Å². The molecule has 0 aliphatic heterocycles. The van der Waals surface area contributed by atoms with E-state index in [1.165, 1.54) is 18.3 Å². The molecule has 3 nitrogen and oxygen atoms in total. The molecular formula is C13H12FNO2. The molecule has 1 aromatic heterocycles. The molecule has 0 amide bonds. The van der Waals surface area contributed by atoms with E-state index in [0.717, 1.165) is 0 Å². The van der Waals surface area contributed by atoms with Gasteiger partial charge in [-0.2, -0.15) is 0 Å². The Kier molecular flexibility index (Phi) is 3.06. The summed E-state index contributed by atoms with van der Waals surface area (Å²) in [7, 11) is 0. The van der Waals surface area contributed by atoms with E-state index < -0.39 is 0 Å². The number of nitrogens with zero attached hydrogens (tertiary/aromatic N) is 1. The molecule has 1 aromatic carbocycles. The van der Waals surface area contributed by atoms with Crippen molar-refractivity contribution in [2.45, 2.75) is 13.5 Å². The highest BCUT2D eigenvalue weighted by atomic mass is 19.1. The van der Waals surface area contributed by atoms with Gasteiger partial charge in [0.05, 0.1) is 12.3 Å². The van der Waals surface area contributed by atoms with Gasteiger partial charge >= 0.3 is 0 Å². The van der Waals surface area contributed by atoms with Crippen LogP contribution in [0.25, 0.3) is 5.69 Å². The van der Waals surface area contributed by atoms with E-state index in [1.54, 1.807) is 29.7 Å². The molecule has 2 aromatic rings. The molecule has 0 unspecified atom stereocenters. The second-order valence-corrected chi connectivity index (χ2v) is 3.78. The maximum absolute atomic E-state index is 13.6. The van der Waals surface area contributed by atoms with Gasteiger partial charge in [-0.3, -0.25) is 4.79 Å². The average Bonchev–Trinajstić information content (AvgIpc) is 2.31. The van der Waals surface area contributed by atoms with Crippen molar-refractivity contribution < 1.29 is 9.50 Å². The zero-order valence-electron chi connectivity index (χ0n) is 9.35. The monoisotopic (exact) mass is 233 g/mol. The number of para-hydroxylation sites is 1. The fourth-order valence-electron chi connectivity index (χ4n) is 1.70. The molecular weight excluding hydrogens is 221 g/mol. The SMILES string of the molecule is Cc1cc(=O)c(CO)cn1-c1ccccc1F. The molecule has 0 spiro atoms. The van der Waals surface area contributed by atoms with Gasteiger partial charge < -0.3 is 9.67 Å². The summed E-state index contributed by atoms with van der Waals surface area (Å²) in [6, 6.07) is 7.68. The van der Waals surface area contributed by atoms with Crippen molar-refractivity contribution in [3.05, 3.63) is 63.8 Å². The Bertz CT molecular complexity index is 605. The summed E-state index contributed by atoms with van der Waals surface area (Å²) in [6.45, 7) is 1.36. The van der Waals surface area contributed by atoms with Crippen molar-refractivity contribution in [1.29, 1.82) is 0 Å². The third-order valence-electron chi connectivity index (χ3n) is 2.60. The maximum Gasteiger partial charge on any atom is 0.187 e. The minimum absolute atomic E-state index is 0.238. The summed E-state index contributed by atoms with van der Waals surface area (Å²) in [5.74, 6) is -0.372. The predicted octanol–water partition coefficient (Wildman–Crippen LogP) is 1.78. The molecule has 2 rings (SSSR count). The molecule has 88 valence electrons. The van der Waals surface area contributed by atoms with Gasteiger partial charge in [0.15, 0.2) is 5.43 Å². The van der Waals surface area contributed by atoms with Gasteiger partial charge in [0, 0.05) is 23.5 Å². The highest BCUT2D eigenvalue weighted by molar-refractivity contribution is 5.36. The predicted molar refractivity (Wildman–Crippen MR) is 62.7 cm³/mol. The zero-order chi connectivity index (χ0) is 12.4. The van der Waals surface area contributed by atoms with Crippen molar-refractivity contribution in [3.8, 4) is 5.69 Å². The van der Waals surface area contributed by atoms with Crippen LogP contribution in [0, 0.1) is 12.7 Å². The van der Waals surface area contributed by atoms with Crippen molar-refractivity contribution in [3.63, 3.8) is 0 Å². The molecule has 1 heterocycles. The van der Waals surface area contributed by atoms with Gasteiger partial charge in [0.2, 0.25) is 0 Å². The van der Waals surface area contributed by atoms with E-state index in [9.17, 15) is 9.18 Å². The Labute approximate surface area is 97.8 Å². The van der Waals surface area contributed by atoms with Crippen LogP contribution >= 0.6 is 0 Å². The second kappa shape index (κ2) is 4.51. The number of aromatic nitrogens is 1. The Morgan fingerprint density at radius 2 is 2.06 bits per heavy atom. The standard InChI is InChI=1S/C13H12FNO2/c1-9-6-13(17)10(8-16)7-15(9)12-5-3-2-4-11(12)14/h2-7,16H,8H2,1H3. The fraction of sp³-hybridized carbons (Fsp3) is 0.154. The van der Waals surface area contributed by atoms with Crippen LogP contribution in [0.1, 0.15) is 11.3 Å². The van der Waals surface area contributed by atoms with Crippen molar-refractivity contribution >= 4 is 0 Å². The third kappa shape index (κ3) is 2.12. The molecule has 0 saturated carbocycles. The number of halogens is 1. The van der Waals surface area contributed by atoms with Crippen LogP contribution in [-0.4, -0.2) is 9.67 Å². The summed E-state index contributed by atoms with van der Waals surface area (Å²) in [5, 5.41) is 9.04. The lowest BCUT2D eigenvalue weighted by Crippen LogP contribution is -2.14. The summed E-state index contributed by atoms with van der Waals surface area (Å²) in [6.07, 6.45) is 1.47. The lowest BCUT2D eigenvalue weighted by atomic mass is 10.2. The highest BCUT2D eigenvalue weighted by Gasteiger charge is 2.07. The zero-order valence-corrected chi connectivity index (χ0v) is 9.35. The normalized spacial score (nSPS) is 10.5. The van der Waals surface area contributed by atoms with Gasteiger partial charge in [0.25, 0.3) is 0 Å². The second-order valence-electron chi connectivity index (χ2n) is 3.78. The van der Waals surface area contributed by atoms with E-state index >= 15 is 0 Å². The summed E-state index contributed by atoms with van der Waals surface area (Å²) < 4.78 is 15.2. The molecule has 0 aliphatic carbocycles. The van der Waals surface area contributed by atoms with Crippen molar-refractivity contribution in [1.82, 2.24) is 4.57 Å². The molecule has 0 fully saturated rings. The van der Waals surface area contributed by atoms with E-state index in [2.05, 4.69) is 0 Å². The first-order valence-corrected chi connectivity index (χ1v) is 5.21. The van der Waals surface area contributed by atoms with Crippen LogP contribution in [0.3, 0.4) is 0 Å². The van der Waals surface area contributed by atoms with Gasteiger partial charge in [-0.25, -0.2) is 4.39 Å². The van der Waals surface area contributed by atoms with Crippen molar-refractivity contribution in [2.75, 3.05) is 0 Å². The molecule has 4 heteroatoms. The number of aryl methyl sites for hydroxylation is 1. The Balaban J connectivity index is 2.68. The minimum atomic E-state index is -0.372. The highest BCUT2D eigenvalue weighted by Crippen LogP contribution is 2.14. The number of aliphatic hydroxyl groups is 1. The Hall–Kier alpha value is -1.94. The van der Waals surface area contributed by atoms with Crippen LogP contribution in [0.4, 0.5) is 4.39 Å². The van der Waals surface area contributed by atoms with E-state index in [-0.39, 0.29) is 23.4 Å². The Morgan fingerprint density at radius 3 is 2.71 bits per heavy atom. The quantitative estimate of drug-likeness (QED) is 0.859. The number of hydrogen-bond acceptors (Lipinski definition) is 2. The van der Waals surface area contributed by atoms with Gasteiger partial charge in [-0.1, -0.05) is 12.1 Å². The van der Waals surface area contributed by atoms with Gasteiger partial charge in [-0.05, 0) is 19.1 Å². The smallest absolute Gasteiger partial charge is 0.187 e. The summed E-state index contributed by atoms with van der Waals surface area (Å²) >= 11 is 0. The first kappa shape index (κ1) is 11.5. The fourth-order valence-corrected chi connectivity index (χ4v) is 1.70. The first-order chi connectivity index (χ1) is 8.13. The number of benzene rings is 1. The molecule has 0 saturated heterocycles. The first-order valence-electron chi connectivity index (χ1n) is 5.21.